The average Bonchev–Trinajstić information content (AvgIpc) is 2.35. The second kappa shape index (κ2) is 2.20. The molecule has 0 amide bonds. The lowest BCUT2D eigenvalue weighted by atomic mass is 10.1. The van der Waals surface area contributed by atoms with Gasteiger partial charge in [-0.1, -0.05) is 13.8 Å². The van der Waals surface area contributed by atoms with Crippen LogP contribution in [0.1, 0.15) is 13.8 Å². The van der Waals surface area contributed by atoms with Crippen molar-refractivity contribution in [2.75, 3.05) is 12.8 Å². The predicted molar refractivity (Wildman–Crippen MR) is 40.2 cm³/mol. The summed E-state index contributed by atoms with van der Waals surface area (Å²) in [5.41, 5.74) is 0. The van der Waals surface area contributed by atoms with Gasteiger partial charge in [0, 0.05) is 12.6 Å². The van der Waals surface area contributed by atoms with Crippen LogP contribution in [0.15, 0.2) is 0 Å². The monoisotopic (exact) mass is 163 g/mol. The Morgan fingerprint density at radius 1 is 1.50 bits per heavy atom. The molecule has 0 N–H and O–H groups in total. The Hall–Kier alpha value is -0.0900. The van der Waals surface area contributed by atoms with E-state index < -0.39 is 10.0 Å². The average molecular weight is 163 g/mol. The molecule has 60 valence electrons. The third-order valence-corrected chi connectivity index (χ3v) is 3.07. The van der Waals surface area contributed by atoms with Gasteiger partial charge in [-0.2, -0.15) is 4.31 Å². The minimum Gasteiger partial charge on any atom is -0.212 e. The highest BCUT2D eigenvalue weighted by Crippen LogP contribution is 2.27. The van der Waals surface area contributed by atoms with Crippen LogP contribution in [-0.4, -0.2) is 31.6 Å². The molecule has 0 aliphatic carbocycles. The van der Waals surface area contributed by atoms with Gasteiger partial charge in [0.25, 0.3) is 0 Å². The summed E-state index contributed by atoms with van der Waals surface area (Å²) < 4.78 is 23.2. The summed E-state index contributed by atoms with van der Waals surface area (Å²) in [7, 11) is -2.89. The molecule has 1 aliphatic heterocycles. The van der Waals surface area contributed by atoms with Gasteiger partial charge in [-0.05, 0) is 5.92 Å². The van der Waals surface area contributed by atoms with Crippen LogP contribution in [0.5, 0.6) is 0 Å². The second-order valence-electron chi connectivity index (χ2n) is 3.14. The molecule has 3 nitrogen and oxygen atoms in total. The summed E-state index contributed by atoms with van der Waals surface area (Å²) in [5, 5.41) is 0. The van der Waals surface area contributed by atoms with Crippen molar-refractivity contribution < 1.29 is 8.42 Å². The smallest absolute Gasteiger partial charge is 0.211 e. The molecule has 0 radical (unpaired) electrons. The van der Waals surface area contributed by atoms with E-state index in [-0.39, 0.29) is 6.04 Å². The molecule has 0 spiro atoms. The zero-order valence-corrected chi connectivity index (χ0v) is 7.35. The Kier molecular flexibility index (Phi) is 1.76. The maximum absolute atomic E-state index is 10.8. The van der Waals surface area contributed by atoms with Gasteiger partial charge in [-0.25, -0.2) is 8.42 Å². The second-order valence-corrected chi connectivity index (χ2v) is 5.08. The minimum atomic E-state index is -2.89. The van der Waals surface area contributed by atoms with Crippen molar-refractivity contribution >= 4 is 10.0 Å². The maximum Gasteiger partial charge on any atom is 0.211 e. The molecule has 0 aromatic carbocycles. The first-order valence-electron chi connectivity index (χ1n) is 3.39. The van der Waals surface area contributed by atoms with E-state index in [1.807, 2.05) is 13.8 Å². The van der Waals surface area contributed by atoms with Gasteiger partial charge in [0.05, 0.1) is 6.26 Å². The maximum atomic E-state index is 10.8. The molecule has 0 saturated carbocycles. The Balaban J connectivity index is 2.55. The van der Waals surface area contributed by atoms with Gasteiger partial charge in [0.2, 0.25) is 10.0 Å². The molecule has 1 aliphatic rings. The molecule has 0 aromatic heterocycles. The van der Waals surface area contributed by atoms with Crippen molar-refractivity contribution in [3.8, 4) is 0 Å². The summed E-state index contributed by atoms with van der Waals surface area (Å²) in [4.78, 5) is 0. The van der Waals surface area contributed by atoms with E-state index in [0.29, 0.717) is 5.92 Å². The first-order chi connectivity index (χ1) is 4.43. The van der Waals surface area contributed by atoms with Gasteiger partial charge in [-0.3, -0.25) is 0 Å². The highest BCUT2D eigenvalue weighted by atomic mass is 32.2. The third kappa shape index (κ3) is 1.49. The summed E-state index contributed by atoms with van der Waals surface area (Å²) in [5.74, 6) is 0.453. The predicted octanol–water partition coefficient (Wildman–Crippen LogP) is 0.286. The first kappa shape index (κ1) is 8.01. The molecule has 10 heavy (non-hydrogen) atoms. The van der Waals surface area contributed by atoms with E-state index >= 15 is 0 Å². The Morgan fingerprint density at radius 2 is 2.00 bits per heavy atom. The topological polar surface area (TPSA) is 37.1 Å². The molecule has 1 unspecified atom stereocenters. The minimum absolute atomic E-state index is 0.273. The fraction of sp³-hybridized carbons (Fsp3) is 1.00. The molecular weight excluding hydrogens is 150 g/mol. The summed E-state index contributed by atoms with van der Waals surface area (Å²) >= 11 is 0. The van der Waals surface area contributed by atoms with Gasteiger partial charge >= 0.3 is 0 Å². The van der Waals surface area contributed by atoms with Crippen LogP contribution in [-0.2, 0) is 10.0 Å². The molecule has 2 atom stereocenters. The van der Waals surface area contributed by atoms with Crippen LogP contribution in [0, 0.1) is 5.92 Å². The first-order valence-corrected chi connectivity index (χ1v) is 5.24. The Morgan fingerprint density at radius 3 is 2.10 bits per heavy atom. The third-order valence-electron chi connectivity index (χ3n) is 1.80. The molecular formula is C6H13NO2S. The van der Waals surface area contributed by atoms with Crippen molar-refractivity contribution in [2.24, 2.45) is 5.92 Å². The fourth-order valence-corrected chi connectivity index (χ4v) is 2.22. The molecule has 0 aromatic rings. The van der Waals surface area contributed by atoms with Crippen LogP contribution in [0.4, 0.5) is 0 Å². The molecule has 0 bridgehead atoms. The van der Waals surface area contributed by atoms with Crippen molar-refractivity contribution in [3.63, 3.8) is 0 Å². The lowest BCUT2D eigenvalue weighted by Gasteiger charge is -2.02. The lowest BCUT2D eigenvalue weighted by Crippen LogP contribution is -2.14. The van der Waals surface area contributed by atoms with Crippen LogP contribution < -0.4 is 0 Å². The van der Waals surface area contributed by atoms with Crippen molar-refractivity contribution in [1.29, 1.82) is 0 Å². The van der Waals surface area contributed by atoms with Crippen LogP contribution in [0.2, 0.25) is 0 Å². The number of sulfonamides is 1. The molecule has 1 rings (SSSR count). The van der Waals surface area contributed by atoms with E-state index in [9.17, 15) is 8.42 Å². The summed E-state index contributed by atoms with van der Waals surface area (Å²) in [6, 6.07) is 0.273. The highest BCUT2D eigenvalue weighted by Gasteiger charge is 2.42. The molecule has 1 fully saturated rings. The van der Waals surface area contributed by atoms with E-state index in [4.69, 9.17) is 0 Å². The van der Waals surface area contributed by atoms with Crippen molar-refractivity contribution in [1.82, 2.24) is 4.31 Å². The number of rotatable bonds is 2. The van der Waals surface area contributed by atoms with Crippen molar-refractivity contribution in [3.05, 3.63) is 0 Å². The van der Waals surface area contributed by atoms with Gasteiger partial charge < -0.3 is 0 Å². The van der Waals surface area contributed by atoms with E-state index in [1.165, 1.54) is 10.6 Å². The number of hydrogen-bond donors (Lipinski definition) is 0. The van der Waals surface area contributed by atoms with Gasteiger partial charge in [-0.15, -0.1) is 0 Å². The zero-order valence-electron chi connectivity index (χ0n) is 6.53. The molecule has 1 saturated heterocycles. The fourth-order valence-electron chi connectivity index (χ4n) is 1.06. The lowest BCUT2D eigenvalue weighted by molar-refractivity contribution is 0.523. The SMILES string of the molecule is CC(C)[C@H]1CN1S(C)(=O)=O. The van der Waals surface area contributed by atoms with E-state index in [0.717, 1.165) is 6.54 Å². The normalized spacial score (nSPS) is 32.8. The Bertz CT molecular complexity index is 220. The summed E-state index contributed by atoms with van der Waals surface area (Å²) in [6.45, 7) is 4.79. The Labute approximate surface area is 62.1 Å². The summed E-state index contributed by atoms with van der Waals surface area (Å²) in [6.07, 6.45) is 1.26. The van der Waals surface area contributed by atoms with Gasteiger partial charge in [0.15, 0.2) is 0 Å². The van der Waals surface area contributed by atoms with Crippen LogP contribution in [0.3, 0.4) is 0 Å². The largest absolute Gasteiger partial charge is 0.212 e. The highest BCUT2D eigenvalue weighted by molar-refractivity contribution is 7.88. The number of hydrogen-bond acceptors (Lipinski definition) is 2. The van der Waals surface area contributed by atoms with E-state index in [1.54, 1.807) is 0 Å². The van der Waals surface area contributed by atoms with Gasteiger partial charge in [0.1, 0.15) is 0 Å². The van der Waals surface area contributed by atoms with Crippen LogP contribution >= 0.6 is 0 Å². The molecule has 4 heteroatoms. The quantitative estimate of drug-likeness (QED) is 0.548. The van der Waals surface area contributed by atoms with E-state index in [2.05, 4.69) is 0 Å². The standard InChI is InChI=1S/C6H13NO2S/c1-5(2)6-4-7(6)10(3,8)9/h5-6H,4H2,1-3H3/t6-,7?/m1/s1. The number of nitrogens with zero attached hydrogens (tertiary/aromatic N) is 1. The van der Waals surface area contributed by atoms with Crippen LogP contribution in [0.25, 0.3) is 0 Å². The molecule has 1 heterocycles. The zero-order chi connectivity index (χ0) is 7.94. The van der Waals surface area contributed by atoms with Crippen molar-refractivity contribution in [2.45, 2.75) is 19.9 Å².